The summed E-state index contributed by atoms with van der Waals surface area (Å²) in [7, 11) is -4.05. The van der Waals surface area contributed by atoms with Gasteiger partial charge in [0.25, 0.3) is 0 Å². The molecule has 4 nitrogen and oxygen atoms in total. The molecule has 0 unspecified atom stereocenters. The molecule has 0 saturated heterocycles. The first-order valence-corrected chi connectivity index (χ1v) is 7.44. The minimum absolute atomic E-state index is 0.129. The Kier molecular flexibility index (Phi) is 6.15. The number of nitrogens with zero attached hydrogens (tertiary/aromatic N) is 1. The van der Waals surface area contributed by atoms with Crippen molar-refractivity contribution >= 4 is 23.7 Å². The standard InChI is InChI=1S/C8H16BrF3NO3P/c1-7(2,13(9)8(10,11)12)5-3-4-6-17(14,15)16/h3-6H2,1-2H3,(H2,14,15,16). The smallest absolute Gasteiger partial charge is 0.324 e. The summed E-state index contributed by atoms with van der Waals surface area (Å²) >= 11 is 2.47. The van der Waals surface area contributed by atoms with E-state index in [4.69, 9.17) is 9.79 Å². The van der Waals surface area contributed by atoms with Crippen molar-refractivity contribution in [3.05, 3.63) is 0 Å². The number of halogens is 4. The van der Waals surface area contributed by atoms with Crippen LogP contribution in [0.15, 0.2) is 0 Å². The van der Waals surface area contributed by atoms with Gasteiger partial charge in [-0.15, -0.1) is 3.93 Å². The van der Waals surface area contributed by atoms with Gasteiger partial charge in [0.2, 0.25) is 0 Å². The molecule has 17 heavy (non-hydrogen) atoms. The Bertz CT molecular complexity index is 292. The van der Waals surface area contributed by atoms with Crippen LogP contribution in [0.1, 0.15) is 33.1 Å². The molecule has 0 aromatic rings. The second-order valence-corrected chi connectivity index (χ2v) is 6.89. The number of unbranched alkanes of at least 4 members (excludes halogenated alkanes) is 1. The van der Waals surface area contributed by atoms with Crippen LogP contribution in [-0.2, 0) is 4.57 Å². The Morgan fingerprint density at radius 1 is 1.24 bits per heavy atom. The molecule has 0 heterocycles. The van der Waals surface area contributed by atoms with Crippen LogP contribution in [0.3, 0.4) is 0 Å². The van der Waals surface area contributed by atoms with Crippen molar-refractivity contribution in [2.45, 2.75) is 44.9 Å². The van der Waals surface area contributed by atoms with Crippen LogP contribution in [0.5, 0.6) is 0 Å². The topological polar surface area (TPSA) is 60.8 Å². The first kappa shape index (κ1) is 17.4. The lowest BCUT2D eigenvalue weighted by Crippen LogP contribution is -2.45. The number of hydrogen-bond donors (Lipinski definition) is 2. The van der Waals surface area contributed by atoms with Gasteiger partial charge < -0.3 is 9.79 Å². The minimum Gasteiger partial charge on any atom is -0.324 e. The highest BCUT2D eigenvalue weighted by Crippen LogP contribution is 2.38. The van der Waals surface area contributed by atoms with Crippen LogP contribution in [0.2, 0.25) is 0 Å². The highest BCUT2D eigenvalue weighted by Gasteiger charge is 2.44. The molecule has 0 aliphatic rings. The summed E-state index contributed by atoms with van der Waals surface area (Å²) < 4.78 is 47.9. The molecule has 0 saturated carbocycles. The largest absolute Gasteiger partial charge is 0.470 e. The molecule has 0 spiro atoms. The van der Waals surface area contributed by atoms with Gasteiger partial charge in [0, 0.05) is 27.8 Å². The van der Waals surface area contributed by atoms with Crippen molar-refractivity contribution in [1.29, 1.82) is 0 Å². The highest BCUT2D eigenvalue weighted by atomic mass is 79.9. The van der Waals surface area contributed by atoms with Crippen LogP contribution in [0.4, 0.5) is 13.2 Å². The third-order valence-electron chi connectivity index (χ3n) is 2.24. The van der Waals surface area contributed by atoms with E-state index in [0.29, 0.717) is 6.42 Å². The molecule has 9 heteroatoms. The molecule has 0 aliphatic heterocycles. The Labute approximate surface area is 107 Å². The van der Waals surface area contributed by atoms with Crippen molar-refractivity contribution in [3.8, 4) is 0 Å². The maximum atomic E-state index is 12.4. The molecule has 0 fully saturated rings. The summed E-state index contributed by atoms with van der Waals surface area (Å²) in [5.74, 6) is 0. The molecule has 104 valence electrons. The van der Waals surface area contributed by atoms with E-state index in [9.17, 15) is 17.7 Å². The fourth-order valence-corrected chi connectivity index (χ4v) is 2.13. The number of rotatable bonds is 6. The van der Waals surface area contributed by atoms with Crippen LogP contribution in [0.25, 0.3) is 0 Å². The Hall–Kier alpha value is 0.380. The molecule has 0 aromatic heterocycles. The van der Waals surface area contributed by atoms with Crippen molar-refractivity contribution in [2.24, 2.45) is 0 Å². The van der Waals surface area contributed by atoms with E-state index in [1.165, 1.54) is 13.8 Å². The fraction of sp³-hybridized carbons (Fsp3) is 1.00. The highest BCUT2D eigenvalue weighted by molar-refractivity contribution is 9.07. The SMILES string of the molecule is CC(C)(CCCCP(=O)(O)O)N(Br)C(F)(F)F. The van der Waals surface area contributed by atoms with Crippen molar-refractivity contribution in [2.75, 3.05) is 6.16 Å². The lowest BCUT2D eigenvalue weighted by atomic mass is 9.98. The van der Waals surface area contributed by atoms with E-state index in [0.717, 1.165) is 0 Å². The predicted octanol–water partition coefficient (Wildman–Crippen LogP) is 3.24. The van der Waals surface area contributed by atoms with E-state index in [1.807, 2.05) is 0 Å². The lowest BCUT2D eigenvalue weighted by molar-refractivity contribution is -0.226. The molecule has 0 radical (unpaired) electrons. The van der Waals surface area contributed by atoms with Gasteiger partial charge in [-0.25, -0.2) is 0 Å². The third-order valence-corrected chi connectivity index (χ3v) is 4.50. The van der Waals surface area contributed by atoms with Gasteiger partial charge in [0.05, 0.1) is 0 Å². The normalized spacial score (nSPS) is 14.4. The lowest BCUT2D eigenvalue weighted by Gasteiger charge is -2.34. The predicted molar refractivity (Wildman–Crippen MR) is 61.7 cm³/mol. The Balaban J connectivity index is 4.15. The van der Waals surface area contributed by atoms with E-state index < -0.39 is 19.4 Å². The van der Waals surface area contributed by atoms with E-state index in [1.54, 1.807) is 0 Å². The maximum absolute atomic E-state index is 12.4. The summed E-state index contributed by atoms with van der Waals surface area (Å²) in [5, 5.41) is 0. The Morgan fingerprint density at radius 2 is 1.71 bits per heavy atom. The zero-order chi connectivity index (χ0) is 13.9. The summed E-state index contributed by atoms with van der Waals surface area (Å²) in [6.45, 7) is 2.82. The van der Waals surface area contributed by atoms with Crippen molar-refractivity contribution in [1.82, 2.24) is 3.93 Å². The second kappa shape index (κ2) is 6.02. The molecule has 0 rings (SSSR count). The number of alkyl halides is 3. The van der Waals surface area contributed by atoms with Gasteiger partial charge >= 0.3 is 13.9 Å². The van der Waals surface area contributed by atoms with Gasteiger partial charge in [-0.1, -0.05) is 6.42 Å². The van der Waals surface area contributed by atoms with E-state index >= 15 is 0 Å². The maximum Gasteiger partial charge on any atom is 0.470 e. The van der Waals surface area contributed by atoms with Crippen LogP contribution in [-0.4, -0.2) is 31.7 Å². The zero-order valence-corrected chi connectivity index (χ0v) is 12.0. The molecular weight excluding hydrogens is 326 g/mol. The zero-order valence-electron chi connectivity index (χ0n) is 9.54. The van der Waals surface area contributed by atoms with Crippen LogP contribution in [0, 0.1) is 0 Å². The summed E-state index contributed by atoms with van der Waals surface area (Å²) in [6.07, 6.45) is -4.08. The average Bonchev–Trinajstić information content (AvgIpc) is 2.08. The number of hydrogen-bond acceptors (Lipinski definition) is 2. The van der Waals surface area contributed by atoms with Gasteiger partial charge in [-0.2, -0.15) is 13.2 Å². The van der Waals surface area contributed by atoms with Crippen molar-refractivity contribution < 1.29 is 27.5 Å². The summed E-state index contributed by atoms with van der Waals surface area (Å²) in [6, 6.07) is 0. The van der Waals surface area contributed by atoms with E-state index in [-0.39, 0.29) is 22.9 Å². The summed E-state index contributed by atoms with van der Waals surface area (Å²) in [4.78, 5) is 17.2. The molecule has 0 amide bonds. The third kappa shape index (κ3) is 7.41. The molecule has 0 aromatic carbocycles. The first-order valence-electron chi connectivity index (χ1n) is 4.94. The molecule has 0 atom stereocenters. The summed E-state index contributed by atoms with van der Waals surface area (Å²) in [5.41, 5.74) is -1.16. The monoisotopic (exact) mass is 341 g/mol. The molecular formula is C8H16BrF3NO3P. The second-order valence-electron chi connectivity index (χ2n) is 4.41. The average molecular weight is 342 g/mol. The quantitative estimate of drug-likeness (QED) is 0.337. The van der Waals surface area contributed by atoms with Crippen LogP contribution >= 0.6 is 23.7 Å². The first-order chi connectivity index (χ1) is 7.36. The van der Waals surface area contributed by atoms with Crippen LogP contribution < -0.4 is 0 Å². The van der Waals surface area contributed by atoms with Crippen molar-refractivity contribution in [3.63, 3.8) is 0 Å². The molecule has 2 N–H and O–H groups in total. The van der Waals surface area contributed by atoms with E-state index in [2.05, 4.69) is 16.1 Å². The molecule has 0 bridgehead atoms. The van der Waals surface area contributed by atoms with Gasteiger partial charge in [0.15, 0.2) is 0 Å². The molecule has 0 aliphatic carbocycles. The minimum atomic E-state index is -4.48. The van der Waals surface area contributed by atoms with Gasteiger partial charge in [0.1, 0.15) is 0 Å². The Morgan fingerprint density at radius 3 is 2.06 bits per heavy atom. The fourth-order valence-electron chi connectivity index (χ4n) is 1.32. The van der Waals surface area contributed by atoms with Gasteiger partial charge in [-0.3, -0.25) is 4.57 Å². The van der Waals surface area contributed by atoms with Gasteiger partial charge in [-0.05, 0) is 26.7 Å².